The molecule has 188 valence electrons. The maximum Gasteiger partial charge on any atom is 0.275 e. The molecule has 0 radical (unpaired) electrons. The van der Waals surface area contributed by atoms with Crippen molar-refractivity contribution in [2.24, 2.45) is 16.6 Å². The lowest BCUT2D eigenvalue weighted by atomic mass is 9.85. The van der Waals surface area contributed by atoms with Crippen molar-refractivity contribution < 1.29 is 23.0 Å². The number of thioether (sulfide) groups is 1. The summed E-state index contributed by atoms with van der Waals surface area (Å²) < 4.78 is 40.2. The summed E-state index contributed by atoms with van der Waals surface area (Å²) >= 11 is 2.84. The van der Waals surface area contributed by atoms with E-state index in [9.17, 15) is 9.18 Å². The van der Waals surface area contributed by atoms with Crippen LogP contribution < -0.4 is 15.8 Å². The van der Waals surface area contributed by atoms with Gasteiger partial charge in [0.15, 0.2) is 16.8 Å². The molecule has 2 aliphatic rings. The summed E-state index contributed by atoms with van der Waals surface area (Å²) in [4.78, 5) is 29.5. The number of nitrogens with two attached hydrogens (primary N) is 1. The van der Waals surface area contributed by atoms with Gasteiger partial charge in [0.1, 0.15) is 17.3 Å². The lowest BCUT2D eigenvalue weighted by Crippen LogP contribution is -2.38. The molecule has 5 rings (SSSR count). The zero-order valence-electron chi connectivity index (χ0n) is 19.3. The number of rotatable bonds is 8. The standard InChI is InChI=1S/C23H22F2N6O3S2/c1-22(16-7-23(16,11-33-2)36-21(26)31-22)13-5-12(6-14(24)19(13)25)30-20(32)15-8-29-17(9-28-15)34-10-18-27-3-4-35-18/h3-6,8-9,16H,7,10-11H2,1-2H3,(H2,26,31)(H,30,32)/t16?,22-,23-/m1/s1. The zero-order chi connectivity index (χ0) is 25.5. The first kappa shape index (κ1) is 24.5. The molecule has 0 spiro atoms. The Morgan fingerprint density at radius 1 is 1.28 bits per heavy atom. The molecule has 2 aromatic heterocycles. The minimum atomic E-state index is -1.12. The highest BCUT2D eigenvalue weighted by Gasteiger charge is 2.66. The number of nitrogens with zero attached hydrogens (tertiary/aromatic N) is 4. The van der Waals surface area contributed by atoms with E-state index in [4.69, 9.17) is 15.2 Å². The summed E-state index contributed by atoms with van der Waals surface area (Å²) in [7, 11) is 1.59. The largest absolute Gasteiger partial charge is 0.469 e. The number of halogens is 2. The summed E-state index contributed by atoms with van der Waals surface area (Å²) in [5, 5.41) is 5.45. The van der Waals surface area contributed by atoms with Gasteiger partial charge in [0.2, 0.25) is 5.88 Å². The number of aromatic nitrogens is 3. The molecular weight excluding hydrogens is 510 g/mol. The van der Waals surface area contributed by atoms with Crippen LogP contribution in [-0.4, -0.2) is 44.5 Å². The Hall–Kier alpha value is -3.16. The number of nitrogens with one attached hydrogen (secondary N) is 1. The lowest BCUT2D eigenvalue weighted by molar-refractivity contribution is 0.102. The average Bonchev–Trinajstić information content (AvgIpc) is 3.32. The Morgan fingerprint density at radius 3 is 2.81 bits per heavy atom. The van der Waals surface area contributed by atoms with Crippen LogP contribution in [0.1, 0.15) is 34.4 Å². The number of fused-ring (bicyclic) bond motifs is 1. The number of ether oxygens (including phenoxy) is 2. The molecule has 36 heavy (non-hydrogen) atoms. The summed E-state index contributed by atoms with van der Waals surface area (Å²) in [6, 6.07) is 2.30. The highest BCUT2D eigenvalue weighted by molar-refractivity contribution is 8.15. The number of benzene rings is 1. The SMILES string of the molecule is COC[C@]12CC1[C@@](C)(c1cc(NC(=O)c3cnc(OCc4nccs4)cn3)cc(F)c1F)N=C(N)S2. The first-order valence-electron chi connectivity index (χ1n) is 10.9. The van der Waals surface area contributed by atoms with Crippen molar-refractivity contribution in [1.29, 1.82) is 0 Å². The van der Waals surface area contributed by atoms with E-state index in [1.165, 1.54) is 41.6 Å². The highest BCUT2D eigenvalue weighted by Crippen LogP contribution is 2.66. The number of hydrogen-bond donors (Lipinski definition) is 2. The van der Waals surface area contributed by atoms with Crippen LogP contribution in [0.3, 0.4) is 0 Å². The summed E-state index contributed by atoms with van der Waals surface area (Å²) in [5.41, 5.74) is 5.01. The minimum absolute atomic E-state index is 0.0149. The molecule has 1 aromatic carbocycles. The van der Waals surface area contributed by atoms with Gasteiger partial charge in [-0.05, 0) is 19.4 Å². The van der Waals surface area contributed by atoms with E-state index < -0.39 is 23.1 Å². The molecule has 9 nitrogen and oxygen atoms in total. The van der Waals surface area contributed by atoms with Gasteiger partial charge in [-0.3, -0.25) is 9.79 Å². The number of carbonyl (C=O) groups is 1. The summed E-state index contributed by atoms with van der Waals surface area (Å²) in [6.45, 7) is 2.37. The Kier molecular flexibility index (Phi) is 6.39. The number of carbonyl (C=O) groups excluding carboxylic acids is 1. The molecule has 0 saturated heterocycles. The van der Waals surface area contributed by atoms with Gasteiger partial charge in [0.05, 0.1) is 29.3 Å². The summed E-state index contributed by atoms with van der Waals surface area (Å²) in [5.74, 6) is -2.66. The average molecular weight is 533 g/mol. The van der Waals surface area contributed by atoms with Crippen LogP contribution in [0.4, 0.5) is 14.5 Å². The van der Waals surface area contributed by atoms with Crippen LogP contribution in [-0.2, 0) is 16.9 Å². The number of aliphatic imine (C=N–C) groups is 1. The second kappa shape index (κ2) is 9.37. The van der Waals surface area contributed by atoms with E-state index in [1.54, 1.807) is 20.2 Å². The molecule has 1 saturated carbocycles. The normalized spacial score (nSPS) is 24.6. The van der Waals surface area contributed by atoms with Crippen LogP contribution in [0.2, 0.25) is 0 Å². The van der Waals surface area contributed by atoms with Crippen molar-refractivity contribution in [1.82, 2.24) is 15.0 Å². The monoisotopic (exact) mass is 532 g/mol. The molecule has 1 fully saturated rings. The van der Waals surface area contributed by atoms with Gasteiger partial charge in [-0.1, -0.05) is 11.8 Å². The molecule has 1 aliphatic carbocycles. The van der Waals surface area contributed by atoms with Gasteiger partial charge in [0, 0.05) is 41.9 Å². The van der Waals surface area contributed by atoms with Crippen LogP contribution in [0.25, 0.3) is 0 Å². The van der Waals surface area contributed by atoms with Gasteiger partial charge in [-0.2, -0.15) is 0 Å². The molecule has 1 aliphatic heterocycles. The highest BCUT2D eigenvalue weighted by atomic mass is 32.2. The number of hydrogen-bond acceptors (Lipinski definition) is 10. The van der Waals surface area contributed by atoms with E-state index >= 15 is 4.39 Å². The fraction of sp³-hybridized carbons (Fsp3) is 0.348. The second-order valence-corrected chi connectivity index (χ2v) is 11.1. The topological polar surface area (TPSA) is 125 Å². The van der Waals surface area contributed by atoms with Crippen molar-refractivity contribution >= 4 is 39.9 Å². The Balaban J connectivity index is 1.35. The van der Waals surface area contributed by atoms with Gasteiger partial charge in [-0.15, -0.1) is 11.3 Å². The number of methoxy groups -OCH3 is 1. The Morgan fingerprint density at radius 2 is 2.11 bits per heavy atom. The number of anilines is 1. The van der Waals surface area contributed by atoms with Crippen LogP contribution >= 0.6 is 23.1 Å². The van der Waals surface area contributed by atoms with Gasteiger partial charge in [-0.25, -0.2) is 23.7 Å². The molecule has 13 heteroatoms. The molecule has 3 atom stereocenters. The van der Waals surface area contributed by atoms with Crippen LogP contribution in [0.15, 0.2) is 41.1 Å². The molecule has 3 aromatic rings. The van der Waals surface area contributed by atoms with Crippen molar-refractivity contribution in [3.05, 3.63) is 64.0 Å². The Labute approximate surface area is 213 Å². The molecule has 1 unspecified atom stereocenters. The van der Waals surface area contributed by atoms with Crippen LogP contribution in [0, 0.1) is 17.6 Å². The molecular formula is C23H22F2N6O3S2. The smallest absolute Gasteiger partial charge is 0.275 e. The first-order chi connectivity index (χ1) is 17.2. The number of thiazole rings is 1. The van der Waals surface area contributed by atoms with Gasteiger partial charge >= 0.3 is 0 Å². The maximum atomic E-state index is 15.0. The minimum Gasteiger partial charge on any atom is -0.469 e. The predicted molar refractivity (Wildman–Crippen MR) is 132 cm³/mol. The van der Waals surface area contributed by atoms with Crippen molar-refractivity contribution in [3.8, 4) is 5.88 Å². The van der Waals surface area contributed by atoms with Crippen molar-refractivity contribution in [2.45, 2.75) is 30.2 Å². The Bertz CT molecular complexity index is 1320. The third-order valence-electron chi connectivity index (χ3n) is 6.26. The van der Waals surface area contributed by atoms with Gasteiger partial charge in [0.25, 0.3) is 5.91 Å². The van der Waals surface area contributed by atoms with Gasteiger partial charge < -0.3 is 20.5 Å². The molecule has 1 amide bonds. The molecule has 0 bridgehead atoms. The fourth-order valence-corrected chi connectivity index (χ4v) is 6.50. The second-order valence-electron chi connectivity index (χ2n) is 8.68. The third-order valence-corrected chi connectivity index (χ3v) is 8.29. The van der Waals surface area contributed by atoms with Crippen molar-refractivity contribution in [3.63, 3.8) is 0 Å². The van der Waals surface area contributed by atoms with Crippen LogP contribution in [0.5, 0.6) is 5.88 Å². The molecule has 3 heterocycles. The predicted octanol–water partition coefficient (Wildman–Crippen LogP) is 3.72. The van der Waals surface area contributed by atoms with E-state index in [0.29, 0.717) is 13.0 Å². The van der Waals surface area contributed by atoms with E-state index in [2.05, 4.69) is 25.3 Å². The van der Waals surface area contributed by atoms with E-state index in [0.717, 1.165) is 11.1 Å². The third kappa shape index (κ3) is 4.53. The lowest BCUT2D eigenvalue weighted by Gasteiger charge is -2.34. The quantitative estimate of drug-likeness (QED) is 0.450. The summed E-state index contributed by atoms with van der Waals surface area (Å²) in [6.07, 6.45) is 4.90. The van der Waals surface area contributed by atoms with E-state index in [-0.39, 0.29) is 45.3 Å². The number of amides is 1. The fourth-order valence-electron chi connectivity index (χ4n) is 4.52. The first-order valence-corrected chi connectivity index (χ1v) is 12.6. The number of amidine groups is 1. The molecule has 3 N–H and O–H groups in total. The van der Waals surface area contributed by atoms with E-state index in [1.807, 2.05) is 5.38 Å². The zero-order valence-corrected chi connectivity index (χ0v) is 21.0. The maximum absolute atomic E-state index is 15.0. The van der Waals surface area contributed by atoms with Crippen molar-refractivity contribution in [2.75, 3.05) is 19.0 Å².